The highest BCUT2D eigenvalue weighted by Gasteiger charge is 2.16. The fraction of sp³-hybridized carbons (Fsp3) is 0. The number of benzene rings is 6. The van der Waals surface area contributed by atoms with Gasteiger partial charge in [-0.25, -0.2) is 9.97 Å². The molecule has 0 saturated carbocycles. The molecule has 0 saturated heterocycles. The van der Waals surface area contributed by atoms with Crippen LogP contribution in [0.2, 0.25) is 0 Å². The van der Waals surface area contributed by atoms with E-state index in [-0.39, 0.29) is 0 Å². The van der Waals surface area contributed by atoms with E-state index in [4.69, 9.17) is 19.9 Å². The fourth-order valence-electron chi connectivity index (χ4n) is 6.31. The van der Waals surface area contributed by atoms with E-state index in [0.29, 0.717) is 5.82 Å². The molecular weight excluding hydrogens is 560 g/mol. The Balaban J connectivity index is 1.31. The Bertz CT molecular complexity index is 2490. The summed E-state index contributed by atoms with van der Waals surface area (Å²) in [6.45, 7) is 0. The van der Waals surface area contributed by atoms with Gasteiger partial charge in [-0.05, 0) is 76.5 Å². The summed E-state index contributed by atoms with van der Waals surface area (Å²) in [4.78, 5) is 20.1. The predicted molar refractivity (Wildman–Crippen MR) is 189 cm³/mol. The van der Waals surface area contributed by atoms with Crippen LogP contribution in [-0.4, -0.2) is 19.9 Å². The Morgan fingerprint density at radius 1 is 0.326 bits per heavy atom. The highest BCUT2D eigenvalue weighted by Crippen LogP contribution is 2.36. The van der Waals surface area contributed by atoms with E-state index in [1.54, 1.807) is 0 Å². The number of hydrogen-bond donors (Lipinski definition) is 0. The van der Waals surface area contributed by atoms with Gasteiger partial charge in [-0.3, -0.25) is 9.97 Å². The molecule has 0 N–H and O–H groups in total. The molecule has 0 aliphatic rings. The van der Waals surface area contributed by atoms with Crippen molar-refractivity contribution in [2.24, 2.45) is 0 Å². The molecule has 0 aliphatic carbocycles. The Morgan fingerprint density at radius 2 is 0.848 bits per heavy atom. The minimum absolute atomic E-state index is 0.673. The van der Waals surface area contributed by atoms with Gasteiger partial charge in [0.1, 0.15) is 0 Å². The van der Waals surface area contributed by atoms with Crippen LogP contribution in [0.1, 0.15) is 0 Å². The lowest BCUT2D eigenvalue weighted by Crippen LogP contribution is -1.97. The molecule has 0 bridgehead atoms. The van der Waals surface area contributed by atoms with Crippen LogP contribution in [-0.2, 0) is 0 Å². The summed E-state index contributed by atoms with van der Waals surface area (Å²) in [5.41, 5.74) is 9.91. The summed E-state index contributed by atoms with van der Waals surface area (Å²) >= 11 is 0. The molecule has 214 valence electrons. The van der Waals surface area contributed by atoms with Crippen LogP contribution < -0.4 is 0 Å². The third-order valence-corrected chi connectivity index (χ3v) is 8.65. The molecule has 0 spiro atoms. The monoisotopic (exact) mass is 586 g/mol. The van der Waals surface area contributed by atoms with Crippen molar-refractivity contribution in [2.75, 3.05) is 0 Å². The molecule has 0 aliphatic heterocycles. The van der Waals surface area contributed by atoms with Gasteiger partial charge in [-0.15, -0.1) is 0 Å². The molecule has 9 rings (SSSR count). The molecule has 3 heterocycles. The van der Waals surface area contributed by atoms with Gasteiger partial charge in [-0.1, -0.05) is 91.0 Å². The second-order valence-corrected chi connectivity index (χ2v) is 11.6. The van der Waals surface area contributed by atoms with Gasteiger partial charge < -0.3 is 0 Å². The van der Waals surface area contributed by atoms with Gasteiger partial charge in [0, 0.05) is 50.8 Å². The van der Waals surface area contributed by atoms with Crippen LogP contribution in [0.15, 0.2) is 158 Å². The Hall–Kier alpha value is -6.26. The number of hydrogen-bond acceptors (Lipinski definition) is 4. The van der Waals surface area contributed by atoms with Crippen molar-refractivity contribution in [3.63, 3.8) is 0 Å². The van der Waals surface area contributed by atoms with Gasteiger partial charge in [0.25, 0.3) is 0 Å². The van der Waals surface area contributed by atoms with Crippen molar-refractivity contribution in [3.8, 4) is 44.9 Å². The van der Waals surface area contributed by atoms with Crippen molar-refractivity contribution < 1.29 is 0 Å². The normalized spacial score (nSPS) is 11.5. The van der Waals surface area contributed by atoms with E-state index >= 15 is 0 Å². The van der Waals surface area contributed by atoms with Crippen LogP contribution in [0, 0.1) is 0 Å². The number of para-hydroxylation sites is 2. The van der Waals surface area contributed by atoms with E-state index in [2.05, 4.69) is 103 Å². The van der Waals surface area contributed by atoms with Crippen molar-refractivity contribution in [1.82, 2.24) is 19.9 Å². The predicted octanol–water partition coefficient (Wildman–Crippen LogP) is 10.5. The van der Waals surface area contributed by atoms with Gasteiger partial charge in [0.05, 0.1) is 22.2 Å². The highest BCUT2D eigenvalue weighted by molar-refractivity contribution is 6.03. The van der Waals surface area contributed by atoms with E-state index in [9.17, 15) is 0 Å². The van der Waals surface area contributed by atoms with Gasteiger partial charge in [0.2, 0.25) is 0 Å². The van der Waals surface area contributed by atoms with E-state index in [1.807, 2.05) is 54.9 Å². The zero-order chi connectivity index (χ0) is 30.5. The highest BCUT2D eigenvalue weighted by atomic mass is 14.9. The van der Waals surface area contributed by atoms with Gasteiger partial charge in [-0.2, -0.15) is 0 Å². The van der Waals surface area contributed by atoms with Crippen molar-refractivity contribution in [1.29, 1.82) is 0 Å². The molecule has 3 aromatic heterocycles. The maximum Gasteiger partial charge on any atom is 0.160 e. The maximum atomic E-state index is 5.28. The summed E-state index contributed by atoms with van der Waals surface area (Å²) in [7, 11) is 0. The lowest BCUT2D eigenvalue weighted by Gasteiger charge is -2.14. The molecule has 0 atom stereocenters. The first-order valence-corrected chi connectivity index (χ1v) is 15.4. The lowest BCUT2D eigenvalue weighted by atomic mass is 9.95. The maximum absolute atomic E-state index is 5.28. The third kappa shape index (κ3) is 4.64. The van der Waals surface area contributed by atoms with E-state index in [1.165, 1.54) is 5.39 Å². The number of nitrogens with zero attached hydrogens (tertiary/aromatic N) is 4. The summed E-state index contributed by atoms with van der Waals surface area (Å²) in [5, 5.41) is 5.54. The smallest absolute Gasteiger partial charge is 0.160 e. The zero-order valence-corrected chi connectivity index (χ0v) is 24.8. The Kier molecular flexibility index (Phi) is 6.10. The van der Waals surface area contributed by atoms with Crippen LogP contribution in [0.4, 0.5) is 0 Å². The number of pyridine rings is 2. The first kappa shape index (κ1) is 26.2. The summed E-state index contributed by atoms with van der Waals surface area (Å²) in [6.07, 6.45) is 3.90. The first-order chi connectivity index (χ1) is 22.7. The molecule has 6 aromatic carbocycles. The van der Waals surface area contributed by atoms with E-state index < -0.39 is 0 Å². The van der Waals surface area contributed by atoms with Gasteiger partial charge in [0.15, 0.2) is 5.82 Å². The van der Waals surface area contributed by atoms with Crippen molar-refractivity contribution in [3.05, 3.63) is 158 Å². The minimum Gasteiger partial charge on any atom is -0.256 e. The van der Waals surface area contributed by atoms with Gasteiger partial charge >= 0.3 is 0 Å². The summed E-state index contributed by atoms with van der Waals surface area (Å²) < 4.78 is 0. The first-order valence-electron chi connectivity index (χ1n) is 15.4. The molecule has 0 radical (unpaired) electrons. The molecule has 0 unspecified atom stereocenters. The van der Waals surface area contributed by atoms with Crippen LogP contribution in [0.3, 0.4) is 0 Å². The molecule has 0 amide bonds. The lowest BCUT2D eigenvalue weighted by molar-refractivity contribution is 1.23. The van der Waals surface area contributed by atoms with Crippen molar-refractivity contribution in [2.45, 2.75) is 0 Å². The minimum atomic E-state index is 0.673. The Morgan fingerprint density at radius 3 is 1.48 bits per heavy atom. The number of rotatable bonds is 4. The standard InChI is InChI=1S/C42H26N4/c1-2-10-27(11-3-1)41-37-23-28-12-4-5-13-29(28)24-40(37)45-42(46-41)34-21-32(35-18-30-14-6-8-16-38(30)43-25-35)20-33(22-34)36-19-31-15-7-9-17-39(31)44-26-36/h1-26H. The largest absolute Gasteiger partial charge is 0.256 e. The molecule has 46 heavy (non-hydrogen) atoms. The summed E-state index contributed by atoms with van der Waals surface area (Å²) in [5.74, 6) is 0.673. The zero-order valence-electron chi connectivity index (χ0n) is 24.8. The average Bonchev–Trinajstić information content (AvgIpc) is 3.13. The molecule has 0 fully saturated rings. The second-order valence-electron chi connectivity index (χ2n) is 11.6. The Labute approximate surface area is 265 Å². The van der Waals surface area contributed by atoms with Crippen LogP contribution >= 0.6 is 0 Å². The number of fused-ring (bicyclic) bond motifs is 4. The molecule has 9 aromatic rings. The quantitative estimate of drug-likeness (QED) is 0.193. The van der Waals surface area contributed by atoms with E-state index in [0.717, 1.165) is 77.2 Å². The third-order valence-electron chi connectivity index (χ3n) is 8.65. The molecular formula is C42H26N4. The molecule has 4 nitrogen and oxygen atoms in total. The van der Waals surface area contributed by atoms with Crippen LogP contribution in [0.25, 0.3) is 88.4 Å². The fourth-order valence-corrected chi connectivity index (χ4v) is 6.31. The number of aromatic nitrogens is 4. The van der Waals surface area contributed by atoms with Crippen molar-refractivity contribution >= 4 is 43.5 Å². The second kappa shape index (κ2) is 10.7. The molecule has 4 heteroatoms. The summed E-state index contributed by atoms with van der Waals surface area (Å²) in [6, 6.07) is 50.6. The average molecular weight is 587 g/mol. The van der Waals surface area contributed by atoms with Crippen LogP contribution in [0.5, 0.6) is 0 Å². The SMILES string of the molecule is c1ccc(-c2nc(-c3cc(-c4cnc5ccccc5c4)cc(-c4cnc5ccccc5c4)c3)nc3cc4ccccc4cc23)cc1. The topological polar surface area (TPSA) is 51.6 Å².